The molecule has 21 heavy (non-hydrogen) atoms. The van der Waals surface area contributed by atoms with Gasteiger partial charge in [0, 0.05) is 18.7 Å². The van der Waals surface area contributed by atoms with Gasteiger partial charge in [0.05, 0.1) is 7.11 Å². The molecule has 1 heterocycles. The van der Waals surface area contributed by atoms with Crippen molar-refractivity contribution in [1.82, 2.24) is 4.90 Å². The molecule has 1 N–H and O–H groups in total. The van der Waals surface area contributed by atoms with Crippen LogP contribution in [-0.2, 0) is 13.0 Å². The highest BCUT2D eigenvalue weighted by molar-refractivity contribution is 5.97. The molecule has 0 saturated carbocycles. The molecule has 2 aromatic carbocycles. The number of aromatic hydroxyl groups is 1. The summed E-state index contributed by atoms with van der Waals surface area (Å²) in [5, 5.41) is 9.80. The van der Waals surface area contributed by atoms with Crippen LogP contribution < -0.4 is 4.74 Å². The number of nitrogens with zero attached hydrogens (tertiary/aromatic N) is 1. The largest absolute Gasteiger partial charge is 0.504 e. The van der Waals surface area contributed by atoms with Gasteiger partial charge in [-0.3, -0.25) is 4.79 Å². The van der Waals surface area contributed by atoms with E-state index >= 15 is 0 Å². The lowest BCUT2D eigenvalue weighted by Gasteiger charge is -2.29. The quantitative estimate of drug-likeness (QED) is 0.942. The molecule has 0 unspecified atom stereocenters. The number of carbonyl (C=O) groups is 1. The third kappa shape index (κ3) is 2.57. The number of hydrogen-bond acceptors (Lipinski definition) is 3. The van der Waals surface area contributed by atoms with Crippen molar-refractivity contribution in [3.05, 3.63) is 59.2 Å². The first-order valence-corrected chi connectivity index (χ1v) is 6.92. The van der Waals surface area contributed by atoms with Gasteiger partial charge in [0.2, 0.25) is 0 Å². The predicted octanol–water partition coefficient (Wildman–Crippen LogP) is 2.60. The number of hydrogen-bond donors (Lipinski definition) is 1. The standard InChI is InChI=1S/C17H17NO3/c1-21-16-10-14-13(9-15(16)19)7-8-18(17(14)20)11-12-5-3-2-4-6-12/h2-6,9-10,19H,7-8,11H2,1H3. The molecular weight excluding hydrogens is 266 g/mol. The molecule has 0 spiro atoms. The van der Waals surface area contributed by atoms with Crippen molar-refractivity contribution < 1.29 is 14.6 Å². The molecule has 2 aromatic rings. The highest BCUT2D eigenvalue weighted by atomic mass is 16.5. The predicted molar refractivity (Wildman–Crippen MR) is 79.5 cm³/mol. The average molecular weight is 283 g/mol. The van der Waals surface area contributed by atoms with Gasteiger partial charge < -0.3 is 14.7 Å². The van der Waals surface area contributed by atoms with Gasteiger partial charge in [0.25, 0.3) is 5.91 Å². The lowest BCUT2D eigenvalue weighted by atomic mass is 9.97. The van der Waals surface area contributed by atoms with Gasteiger partial charge in [0.1, 0.15) is 0 Å². The number of ether oxygens (including phenoxy) is 1. The number of amides is 1. The molecule has 1 amide bonds. The average Bonchev–Trinajstić information content (AvgIpc) is 2.51. The van der Waals surface area contributed by atoms with E-state index in [9.17, 15) is 9.90 Å². The second-order valence-electron chi connectivity index (χ2n) is 5.14. The Labute approximate surface area is 123 Å². The number of fused-ring (bicyclic) bond motifs is 1. The summed E-state index contributed by atoms with van der Waals surface area (Å²) in [6, 6.07) is 13.2. The van der Waals surface area contributed by atoms with Crippen LogP contribution in [0.1, 0.15) is 21.5 Å². The first-order chi connectivity index (χ1) is 10.2. The topological polar surface area (TPSA) is 49.8 Å². The summed E-state index contributed by atoms with van der Waals surface area (Å²) >= 11 is 0. The van der Waals surface area contributed by atoms with Crippen molar-refractivity contribution in [3.8, 4) is 11.5 Å². The van der Waals surface area contributed by atoms with Crippen LogP contribution in [0.2, 0.25) is 0 Å². The Morgan fingerprint density at radius 2 is 2.00 bits per heavy atom. The van der Waals surface area contributed by atoms with Gasteiger partial charge >= 0.3 is 0 Å². The molecule has 108 valence electrons. The zero-order valence-electron chi connectivity index (χ0n) is 11.9. The fourth-order valence-electron chi connectivity index (χ4n) is 2.66. The Morgan fingerprint density at radius 1 is 1.24 bits per heavy atom. The van der Waals surface area contributed by atoms with Gasteiger partial charge in [-0.2, -0.15) is 0 Å². The summed E-state index contributed by atoms with van der Waals surface area (Å²) in [5.41, 5.74) is 2.61. The van der Waals surface area contributed by atoms with E-state index in [1.807, 2.05) is 35.2 Å². The minimum absolute atomic E-state index is 0.0154. The van der Waals surface area contributed by atoms with Crippen molar-refractivity contribution in [2.75, 3.05) is 13.7 Å². The summed E-state index contributed by atoms with van der Waals surface area (Å²) in [6.45, 7) is 1.26. The van der Waals surface area contributed by atoms with Crippen LogP contribution >= 0.6 is 0 Å². The molecule has 1 aliphatic rings. The molecule has 0 atom stereocenters. The van der Waals surface area contributed by atoms with Crippen molar-refractivity contribution in [2.45, 2.75) is 13.0 Å². The summed E-state index contributed by atoms with van der Waals surface area (Å²) in [5.74, 6) is 0.405. The fourth-order valence-corrected chi connectivity index (χ4v) is 2.66. The summed E-state index contributed by atoms with van der Waals surface area (Å²) in [7, 11) is 1.48. The van der Waals surface area contributed by atoms with E-state index in [1.165, 1.54) is 7.11 Å². The van der Waals surface area contributed by atoms with Crippen LogP contribution in [0.4, 0.5) is 0 Å². The minimum Gasteiger partial charge on any atom is -0.504 e. The molecule has 0 aliphatic carbocycles. The van der Waals surface area contributed by atoms with E-state index < -0.39 is 0 Å². The molecule has 3 rings (SSSR count). The number of rotatable bonds is 3. The van der Waals surface area contributed by atoms with Gasteiger partial charge in [-0.05, 0) is 29.7 Å². The minimum atomic E-state index is -0.0154. The first-order valence-electron chi connectivity index (χ1n) is 6.92. The van der Waals surface area contributed by atoms with E-state index in [-0.39, 0.29) is 11.7 Å². The van der Waals surface area contributed by atoms with Gasteiger partial charge in [-0.15, -0.1) is 0 Å². The van der Waals surface area contributed by atoms with Crippen LogP contribution in [0, 0.1) is 0 Å². The molecule has 0 saturated heterocycles. The van der Waals surface area contributed by atoms with Gasteiger partial charge in [0.15, 0.2) is 11.5 Å². The number of methoxy groups -OCH3 is 1. The molecule has 0 aromatic heterocycles. The van der Waals surface area contributed by atoms with Crippen LogP contribution in [0.3, 0.4) is 0 Å². The normalized spacial score (nSPS) is 14.0. The van der Waals surface area contributed by atoms with E-state index in [0.29, 0.717) is 24.4 Å². The molecule has 4 heteroatoms. The van der Waals surface area contributed by atoms with Crippen LogP contribution in [0.25, 0.3) is 0 Å². The molecule has 0 bridgehead atoms. The van der Waals surface area contributed by atoms with E-state index in [0.717, 1.165) is 17.5 Å². The number of benzene rings is 2. The Kier molecular flexibility index (Phi) is 3.52. The Morgan fingerprint density at radius 3 is 2.71 bits per heavy atom. The first kappa shape index (κ1) is 13.5. The maximum absolute atomic E-state index is 12.6. The maximum atomic E-state index is 12.6. The zero-order chi connectivity index (χ0) is 14.8. The van der Waals surface area contributed by atoms with E-state index in [2.05, 4.69) is 0 Å². The highest BCUT2D eigenvalue weighted by Crippen LogP contribution is 2.32. The van der Waals surface area contributed by atoms with Crippen LogP contribution in [0.5, 0.6) is 11.5 Å². The lowest BCUT2D eigenvalue weighted by molar-refractivity contribution is 0.0726. The van der Waals surface area contributed by atoms with Crippen LogP contribution in [-0.4, -0.2) is 29.6 Å². The zero-order valence-corrected chi connectivity index (χ0v) is 11.9. The van der Waals surface area contributed by atoms with Crippen LogP contribution in [0.15, 0.2) is 42.5 Å². The molecule has 0 fully saturated rings. The summed E-state index contributed by atoms with van der Waals surface area (Å²) in [6.07, 6.45) is 0.742. The van der Waals surface area contributed by atoms with Crippen molar-refractivity contribution in [2.24, 2.45) is 0 Å². The number of phenols is 1. The van der Waals surface area contributed by atoms with Crippen molar-refractivity contribution in [3.63, 3.8) is 0 Å². The monoisotopic (exact) mass is 283 g/mol. The maximum Gasteiger partial charge on any atom is 0.254 e. The van der Waals surface area contributed by atoms with E-state index in [4.69, 9.17) is 4.74 Å². The third-order valence-corrected chi connectivity index (χ3v) is 3.79. The van der Waals surface area contributed by atoms with E-state index in [1.54, 1.807) is 12.1 Å². The van der Waals surface area contributed by atoms with Gasteiger partial charge in [-0.25, -0.2) is 0 Å². The Balaban J connectivity index is 1.88. The Bertz CT molecular complexity index is 667. The highest BCUT2D eigenvalue weighted by Gasteiger charge is 2.26. The van der Waals surface area contributed by atoms with Crippen molar-refractivity contribution in [1.29, 1.82) is 0 Å². The summed E-state index contributed by atoms with van der Waals surface area (Å²) in [4.78, 5) is 14.4. The molecule has 0 radical (unpaired) electrons. The van der Waals surface area contributed by atoms with Crippen molar-refractivity contribution >= 4 is 5.91 Å². The smallest absolute Gasteiger partial charge is 0.254 e. The molecular formula is C17H17NO3. The SMILES string of the molecule is COc1cc2c(cc1O)CCN(Cc1ccccc1)C2=O. The lowest BCUT2D eigenvalue weighted by Crippen LogP contribution is -2.37. The second-order valence-corrected chi connectivity index (χ2v) is 5.14. The number of carbonyl (C=O) groups excluding carboxylic acids is 1. The van der Waals surface area contributed by atoms with Gasteiger partial charge in [-0.1, -0.05) is 30.3 Å². The number of phenolic OH excluding ortho intramolecular Hbond substituents is 1. The summed E-state index contributed by atoms with van der Waals surface area (Å²) < 4.78 is 5.09. The second kappa shape index (κ2) is 5.48. The third-order valence-electron chi connectivity index (χ3n) is 3.79. The fraction of sp³-hybridized carbons (Fsp3) is 0.235. The molecule has 4 nitrogen and oxygen atoms in total. The Hall–Kier alpha value is -2.49. The molecule has 1 aliphatic heterocycles.